The van der Waals surface area contributed by atoms with E-state index in [0.29, 0.717) is 0 Å². The molecule has 4 heteroatoms. The van der Waals surface area contributed by atoms with Crippen molar-refractivity contribution < 1.29 is 0 Å². The molecule has 0 aliphatic heterocycles. The van der Waals surface area contributed by atoms with Crippen molar-refractivity contribution in [1.29, 1.82) is 0 Å². The molecule has 1 unspecified atom stereocenters. The van der Waals surface area contributed by atoms with Gasteiger partial charge in [-0.3, -0.25) is 0 Å². The highest BCUT2D eigenvalue weighted by Crippen LogP contribution is 2.08. The predicted octanol–water partition coefficient (Wildman–Crippen LogP) is 1.47. The van der Waals surface area contributed by atoms with Crippen molar-refractivity contribution in [2.75, 3.05) is 0 Å². The zero-order chi connectivity index (χ0) is 11.5. The van der Waals surface area contributed by atoms with Gasteiger partial charge in [0, 0.05) is 12.5 Å². The van der Waals surface area contributed by atoms with E-state index in [-0.39, 0.29) is 6.04 Å². The molecular formula is C12H16N4. The number of nitrogens with zero attached hydrogens (tertiary/aromatic N) is 3. The van der Waals surface area contributed by atoms with Crippen molar-refractivity contribution >= 4 is 0 Å². The summed E-state index contributed by atoms with van der Waals surface area (Å²) in [4.78, 5) is 0. The van der Waals surface area contributed by atoms with Gasteiger partial charge < -0.3 is 5.73 Å². The van der Waals surface area contributed by atoms with E-state index < -0.39 is 0 Å². The second-order valence-electron chi connectivity index (χ2n) is 4.17. The molecule has 4 nitrogen and oxygen atoms in total. The topological polar surface area (TPSA) is 56.7 Å². The molecule has 2 rings (SSSR count). The van der Waals surface area contributed by atoms with Gasteiger partial charge in [-0.25, -0.2) is 4.68 Å². The van der Waals surface area contributed by atoms with Crippen LogP contribution in [-0.4, -0.2) is 21.0 Å². The number of benzene rings is 1. The maximum atomic E-state index is 5.72. The zero-order valence-corrected chi connectivity index (χ0v) is 9.59. The predicted molar refractivity (Wildman–Crippen MR) is 63.4 cm³/mol. The quantitative estimate of drug-likeness (QED) is 0.845. The molecule has 0 aliphatic rings. The Kier molecular flexibility index (Phi) is 3.01. The van der Waals surface area contributed by atoms with Crippen LogP contribution in [0.5, 0.6) is 0 Å². The fourth-order valence-corrected chi connectivity index (χ4v) is 1.55. The van der Waals surface area contributed by atoms with Gasteiger partial charge in [-0.05, 0) is 26.0 Å². The third kappa shape index (κ3) is 2.46. The summed E-state index contributed by atoms with van der Waals surface area (Å²) < 4.78 is 1.77. The van der Waals surface area contributed by atoms with E-state index in [1.807, 2.05) is 25.3 Å². The van der Waals surface area contributed by atoms with Crippen LogP contribution in [0.3, 0.4) is 0 Å². The molecule has 0 radical (unpaired) electrons. The largest absolute Gasteiger partial charge is 0.328 e. The summed E-state index contributed by atoms with van der Waals surface area (Å²) in [6, 6.07) is 8.28. The smallest absolute Gasteiger partial charge is 0.0847 e. The average Bonchev–Trinajstić information content (AvgIpc) is 2.66. The lowest BCUT2D eigenvalue weighted by Crippen LogP contribution is -2.17. The Hall–Kier alpha value is -1.68. The average molecular weight is 216 g/mol. The van der Waals surface area contributed by atoms with Crippen molar-refractivity contribution in [3.63, 3.8) is 0 Å². The lowest BCUT2D eigenvalue weighted by molar-refractivity contribution is 0.716. The van der Waals surface area contributed by atoms with Crippen LogP contribution in [0.15, 0.2) is 30.5 Å². The van der Waals surface area contributed by atoms with Crippen molar-refractivity contribution in [2.24, 2.45) is 5.73 Å². The third-order valence-corrected chi connectivity index (χ3v) is 2.37. The van der Waals surface area contributed by atoms with E-state index in [9.17, 15) is 0 Å². The first-order chi connectivity index (χ1) is 7.65. The summed E-state index contributed by atoms with van der Waals surface area (Å²) in [5.41, 5.74) is 8.90. The first-order valence-electron chi connectivity index (χ1n) is 5.39. The Bertz CT molecular complexity index is 456. The molecule has 2 N–H and O–H groups in total. The Labute approximate surface area is 95.1 Å². The molecule has 1 aromatic heterocycles. The highest BCUT2D eigenvalue weighted by atomic mass is 15.4. The van der Waals surface area contributed by atoms with Gasteiger partial charge in [0.1, 0.15) is 0 Å². The molecule has 84 valence electrons. The molecule has 1 aromatic carbocycles. The van der Waals surface area contributed by atoms with E-state index >= 15 is 0 Å². The Balaban J connectivity index is 2.21. The molecule has 0 fully saturated rings. The van der Waals surface area contributed by atoms with Crippen LogP contribution in [0.25, 0.3) is 5.69 Å². The molecule has 0 saturated carbocycles. The highest BCUT2D eigenvalue weighted by molar-refractivity contribution is 5.33. The lowest BCUT2D eigenvalue weighted by atomic mass is 10.2. The van der Waals surface area contributed by atoms with E-state index in [0.717, 1.165) is 17.8 Å². The Morgan fingerprint density at radius 2 is 2.00 bits per heavy atom. The van der Waals surface area contributed by atoms with Crippen molar-refractivity contribution in [1.82, 2.24) is 15.0 Å². The summed E-state index contributed by atoms with van der Waals surface area (Å²) in [7, 11) is 0. The van der Waals surface area contributed by atoms with Crippen molar-refractivity contribution in [3.8, 4) is 5.69 Å². The van der Waals surface area contributed by atoms with Crippen LogP contribution in [0, 0.1) is 6.92 Å². The van der Waals surface area contributed by atoms with Gasteiger partial charge >= 0.3 is 0 Å². The number of nitrogens with two attached hydrogens (primary N) is 1. The van der Waals surface area contributed by atoms with Crippen LogP contribution in [0.2, 0.25) is 0 Å². The standard InChI is InChI=1S/C12H16N4/c1-9-3-5-12(6-4-9)16-8-11(14-15-16)7-10(2)13/h3-6,8,10H,7,13H2,1-2H3. The van der Waals surface area contributed by atoms with Crippen LogP contribution in [0.4, 0.5) is 0 Å². The van der Waals surface area contributed by atoms with E-state index in [4.69, 9.17) is 5.73 Å². The summed E-state index contributed by atoms with van der Waals surface area (Å²) >= 11 is 0. The summed E-state index contributed by atoms with van der Waals surface area (Å²) in [6.45, 7) is 4.03. The molecule has 0 amide bonds. The summed E-state index contributed by atoms with van der Waals surface area (Å²) in [5, 5.41) is 8.17. The molecular weight excluding hydrogens is 200 g/mol. The molecule has 1 atom stereocenters. The van der Waals surface area contributed by atoms with E-state index in [2.05, 4.69) is 29.4 Å². The van der Waals surface area contributed by atoms with E-state index in [1.165, 1.54) is 5.56 Å². The van der Waals surface area contributed by atoms with E-state index in [1.54, 1.807) is 4.68 Å². The van der Waals surface area contributed by atoms with Crippen LogP contribution in [0.1, 0.15) is 18.2 Å². The maximum Gasteiger partial charge on any atom is 0.0847 e. The molecule has 1 heterocycles. The lowest BCUT2D eigenvalue weighted by Gasteiger charge is -2.00. The minimum atomic E-state index is 0.114. The number of hydrogen-bond acceptors (Lipinski definition) is 3. The van der Waals surface area contributed by atoms with Crippen LogP contribution < -0.4 is 5.73 Å². The molecule has 16 heavy (non-hydrogen) atoms. The molecule has 0 spiro atoms. The minimum absolute atomic E-state index is 0.114. The third-order valence-electron chi connectivity index (χ3n) is 2.37. The first kappa shape index (κ1) is 10.8. The fraction of sp³-hybridized carbons (Fsp3) is 0.333. The summed E-state index contributed by atoms with van der Waals surface area (Å²) in [6.07, 6.45) is 2.68. The monoisotopic (exact) mass is 216 g/mol. The second-order valence-corrected chi connectivity index (χ2v) is 4.17. The highest BCUT2D eigenvalue weighted by Gasteiger charge is 2.04. The fourth-order valence-electron chi connectivity index (χ4n) is 1.55. The van der Waals surface area contributed by atoms with Gasteiger partial charge in [0.25, 0.3) is 0 Å². The van der Waals surface area contributed by atoms with Crippen molar-refractivity contribution in [3.05, 3.63) is 41.7 Å². The Morgan fingerprint density at radius 3 is 2.62 bits per heavy atom. The normalized spacial score (nSPS) is 12.7. The number of aryl methyl sites for hydroxylation is 1. The molecule has 0 bridgehead atoms. The number of hydrogen-bond donors (Lipinski definition) is 1. The van der Waals surface area contributed by atoms with Gasteiger partial charge in [0.2, 0.25) is 0 Å². The van der Waals surface area contributed by atoms with Crippen molar-refractivity contribution in [2.45, 2.75) is 26.3 Å². The minimum Gasteiger partial charge on any atom is -0.328 e. The number of rotatable bonds is 3. The van der Waals surface area contributed by atoms with Gasteiger partial charge in [0.05, 0.1) is 17.6 Å². The van der Waals surface area contributed by atoms with Gasteiger partial charge in [-0.15, -0.1) is 5.10 Å². The second kappa shape index (κ2) is 4.45. The summed E-state index contributed by atoms with van der Waals surface area (Å²) in [5.74, 6) is 0. The van der Waals surface area contributed by atoms with Gasteiger partial charge in [-0.2, -0.15) is 0 Å². The van der Waals surface area contributed by atoms with Crippen LogP contribution >= 0.6 is 0 Å². The Morgan fingerprint density at radius 1 is 1.31 bits per heavy atom. The zero-order valence-electron chi connectivity index (χ0n) is 9.59. The maximum absolute atomic E-state index is 5.72. The first-order valence-corrected chi connectivity index (χ1v) is 5.39. The van der Waals surface area contributed by atoms with Gasteiger partial charge in [-0.1, -0.05) is 22.9 Å². The molecule has 0 saturated heterocycles. The van der Waals surface area contributed by atoms with Gasteiger partial charge in [0.15, 0.2) is 0 Å². The number of aromatic nitrogens is 3. The van der Waals surface area contributed by atoms with Crippen LogP contribution in [-0.2, 0) is 6.42 Å². The molecule has 2 aromatic rings. The SMILES string of the molecule is Cc1ccc(-n2cc(CC(C)N)nn2)cc1. The molecule has 0 aliphatic carbocycles.